The van der Waals surface area contributed by atoms with Crippen LogP contribution in [0.15, 0.2) is 30.6 Å². The number of rotatable bonds is 1. The number of hydrogen-bond donors (Lipinski definition) is 1. The Bertz CT molecular complexity index is 643. The predicted molar refractivity (Wildman–Crippen MR) is 62.9 cm³/mol. The molecular weight excluding hydrogens is 222 g/mol. The Kier molecular flexibility index (Phi) is 2.00. The first-order valence-corrected chi connectivity index (χ1v) is 5.45. The van der Waals surface area contributed by atoms with E-state index in [1.54, 1.807) is 12.4 Å². The zero-order valence-corrected chi connectivity index (χ0v) is 8.98. The van der Waals surface area contributed by atoms with Gasteiger partial charge in [0, 0.05) is 18.0 Å². The first-order chi connectivity index (χ1) is 7.84. The van der Waals surface area contributed by atoms with E-state index >= 15 is 0 Å². The van der Waals surface area contributed by atoms with E-state index in [-0.39, 0.29) is 0 Å². The van der Waals surface area contributed by atoms with Crippen LogP contribution in [0.2, 0.25) is 0 Å². The van der Waals surface area contributed by atoms with Crippen molar-refractivity contribution in [3.8, 4) is 10.6 Å². The third kappa shape index (κ3) is 1.40. The summed E-state index contributed by atoms with van der Waals surface area (Å²) < 4.78 is 0. The minimum Gasteiger partial charge on any atom is -0.374 e. The second-order valence-electron chi connectivity index (χ2n) is 3.18. The summed E-state index contributed by atoms with van der Waals surface area (Å²) in [7, 11) is 0. The van der Waals surface area contributed by atoms with Gasteiger partial charge in [-0.3, -0.25) is 9.97 Å². The lowest BCUT2D eigenvalue weighted by Crippen LogP contribution is -1.86. The highest BCUT2D eigenvalue weighted by Crippen LogP contribution is 2.29. The molecule has 3 rings (SSSR count). The van der Waals surface area contributed by atoms with E-state index in [1.807, 2.05) is 18.2 Å². The molecule has 0 atom stereocenters. The maximum atomic E-state index is 5.57. The van der Waals surface area contributed by atoms with Gasteiger partial charge in [-0.05, 0) is 12.1 Å². The second-order valence-corrected chi connectivity index (χ2v) is 4.18. The van der Waals surface area contributed by atoms with Crippen molar-refractivity contribution in [1.29, 1.82) is 0 Å². The number of nitrogens with two attached hydrogens (primary N) is 1. The zero-order valence-electron chi connectivity index (χ0n) is 8.16. The lowest BCUT2D eigenvalue weighted by molar-refractivity contribution is 1.10. The van der Waals surface area contributed by atoms with Gasteiger partial charge >= 0.3 is 0 Å². The van der Waals surface area contributed by atoms with Crippen LogP contribution < -0.4 is 5.73 Å². The van der Waals surface area contributed by atoms with Crippen molar-refractivity contribution in [2.24, 2.45) is 0 Å². The number of benzene rings is 1. The average molecular weight is 229 g/mol. The molecule has 0 aliphatic carbocycles. The average Bonchev–Trinajstić information content (AvgIpc) is 2.75. The van der Waals surface area contributed by atoms with E-state index in [4.69, 9.17) is 5.73 Å². The molecule has 3 aromatic rings. The molecule has 0 spiro atoms. The van der Waals surface area contributed by atoms with E-state index in [9.17, 15) is 0 Å². The van der Waals surface area contributed by atoms with Gasteiger partial charge < -0.3 is 5.73 Å². The Morgan fingerprint density at radius 1 is 1.06 bits per heavy atom. The molecule has 0 saturated heterocycles. The Morgan fingerprint density at radius 2 is 1.94 bits per heavy atom. The van der Waals surface area contributed by atoms with Crippen molar-refractivity contribution in [2.75, 3.05) is 5.73 Å². The predicted octanol–water partition coefficient (Wildman–Crippen LogP) is 1.73. The molecule has 2 N–H and O–H groups in total. The molecule has 78 valence electrons. The van der Waals surface area contributed by atoms with Crippen molar-refractivity contribution in [1.82, 2.24) is 20.2 Å². The van der Waals surface area contributed by atoms with Gasteiger partial charge in [-0.1, -0.05) is 17.4 Å². The molecule has 1 aromatic carbocycles. The number of aromatic nitrogens is 4. The van der Waals surface area contributed by atoms with Gasteiger partial charge in [-0.2, -0.15) is 0 Å². The van der Waals surface area contributed by atoms with Crippen LogP contribution in [0.5, 0.6) is 0 Å². The van der Waals surface area contributed by atoms with Gasteiger partial charge in [0.1, 0.15) is 0 Å². The minimum atomic E-state index is 0.455. The van der Waals surface area contributed by atoms with Crippen molar-refractivity contribution >= 4 is 27.5 Å². The van der Waals surface area contributed by atoms with Crippen LogP contribution in [-0.4, -0.2) is 20.2 Å². The Morgan fingerprint density at radius 3 is 2.75 bits per heavy atom. The standard InChI is InChI=1S/C10H7N5S/c11-10-15-14-9(16-10)6-2-1-3-7-8(6)13-5-4-12-7/h1-5H,(H2,11,15). The van der Waals surface area contributed by atoms with Crippen LogP contribution in [-0.2, 0) is 0 Å². The zero-order chi connectivity index (χ0) is 11.0. The van der Waals surface area contributed by atoms with Gasteiger partial charge in [0.15, 0.2) is 5.01 Å². The van der Waals surface area contributed by atoms with Gasteiger partial charge in [-0.25, -0.2) is 0 Å². The minimum absolute atomic E-state index is 0.455. The molecule has 0 aliphatic rings. The molecule has 16 heavy (non-hydrogen) atoms. The molecule has 6 heteroatoms. The summed E-state index contributed by atoms with van der Waals surface area (Å²) in [5.41, 5.74) is 8.15. The van der Waals surface area contributed by atoms with Crippen LogP contribution in [0, 0.1) is 0 Å². The summed E-state index contributed by atoms with van der Waals surface area (Å²) >= 11 is 1.34. The summed E-state index contributed by atoms with van der Waals surface area (Å²) in [6, 6.07) is 5.77. The van der Waals surface area contributed by atoms with Crippen LogP contribution >= 0.6 is 11.3 Å². The van der Waals surface area contributed by atoms with Crippen LogP contribution in [0.3, 0.4) is 0 Å². The van der Waals surface area contributed by atoms with E-state index in [1.165, 1.54) is 11.3 Å². The van der Waals surface area contributed by atoms with Gasteiger partial charge in [-0.15, -0.1) is 10.2 Å². The summed E-state index contributed by atoms with van der Waals surface area (Å²) in [5, 5.41) is 9.03. The fourth-order valence-corrected chi connectivity index (χ4v) is 2.14. The highest BCUT2D eigenvalue weighted by molar-refractivity contribution is 7.18. The summed E-state index contributed by atoms with van der Waals surface area (Å²) in [4.78, 5) is 8.54. The summed E-state index contributed by atoms with van der Waals surface area (Å²) in [6.45, 7) is 0. The Hall–Kier alpha value is -2.08. The highest BCUT2D eigenvalue weighted by atomic mass is 32.1. The van der Waals surface area contributed by atoms with Crippen molar-refractivity contribution in [3.05, 3.63) is 30.6 Å². The molecule has 0 radical (unpaired) electrons. The molecule has 5 nitrogen and oxygen atoms in total. The molecule has 0 amide bonds. The molecule has 0 saturated carbocycles. The number of para-hydroxylation sites is 1. The third-order valence-corrected chi connectivity index (χ3v) is 2.96. The van der Waals surface area contributed by atoms with E-state index < -0.39 is 0 Å². The maximum Gasteiger partial charge on any atom is 0.203 e. The lowest BCUT2D eigenvalue weighted by atomic mass is 10.2. The fraction of sp³-hybridized carbons (Fsp3) is 0. The molecule has 0 unspecified atom stereocenters. The quantitative estimate of drug-likeness (QED) is 0.687. The number of hydrogen-bond acceptors (Lipinski definition) is 6. The largest absolute Gasteiger partial charge is 0.374 e. The van der Waals surface area contributed by atoms with Gasteiger partial charge in [0.25, 0.3) is 0 Å². The van der Waals surface area contributed by atoms with Crippen LogP contribution in [0.4, 0.5) is 5.13 Å². The first kappa shape index (κ1) is 9.17. The molecule has 2 aromatic heterocycles. The molecule has 0 fully saturated rings. The summed E-state index contributed by atoms with van der Waals surface area (Å²) in [5.74, 6) is 0. The SMILES string of the molecule is Nc1nnc(-c2cccc3nccnc23)s1. The maximum absolute atomic E-state index is 5.57. The second kappa shape index (κ2) is 3.49. The van der Waals surface area contributed by atoms with Crippen molar-refractivity contribution < 1.29 is 0 Å². The first-order valence-electron chi connectivity index (χ1n) is 4.64. The smallest absolute Gasteiger partial charge is 0.203 e. The number of fused-ring (bicyclic) bond motifs is 1. The number of nitrogens with zero attached hydrogens (tertiary/aromatic N) is 4. The third-order valence-electron chi connectivity index (χ3n) is 2.17. The fourth-order valence-electron chi connectivity index (χ4n) is 1.51. The van der Waals surface area contributed by atoms with E-state index in [0.29, 0.717) is 5.13 Å². The normalized spacial score (nSPS) is 10.8. The summed E-state index contributed by atoms with van der Waals surface area (Å²) in [6.07, 6.45) is 3.33. The molecular formula is C10H7N5S. The lowest BCUT2D eigenvalue weighted by Gasteiger charge is -1.99. The Labute approximate surface area is 95.0 Å². The van der Waals surface area contributed by atoms with Crippen LogP contribution in [0.25, 0.3) is 21.6 Å². The Balaban J connectivity index is 2.31. The molecule has 2 heterocycles. The monoisotopic (exact) mass is 229 g/mol. The molecule has 0 aliphatic heterocycles. The van der Waals surface area contributed by atoms with Crippen LogP contribution in [0.1, 0.15) is 0 Å². The van der Waals surface area contributed by atoms with Gasteiger partial charge in [0.05, 0.1) is 11.0 Å². The van der Waals surface area contributed by atoms with E-state index in [0.717, 1.165) is 21.6 Å². The van der Waals surface area contributed by atoms with Crippen molar-refractivity contribution in [2.45, 2.75) is 0 Å². The highest BCUT2D eigenvalue weighted by Gasteiger charge is 2.09. The van der Waals surface area contributed by atoms with E-state index in [2.05, 4.69) is 20.2 Å². The number of nitrogen functional groups attached to an aromatic ring is 1. The number of anilines is 1. The van der Waals surface area contributed by atoms with Gasteiger partial charge in [0.2, 0.25) is 5.13 Å². The van der Waals surface area contributed by atoms with Crippen molar-refractivity contribution in [3.63, 3.8) is 0 Å². The topological polar surface area (TPSA) is 77.6 Å². The molecule has 0 bridgehead atoms.